The third-order valence-electron chi connectivity index (χ3n) is 4.58. The second-order valence-corrected chi connectivity index (χ2v) is 6.20. The molecule has 0 aromatic rings. The van der Waals surface area contributed by atoms with Gasteiger partial charge in [0.2, 0.25) is 5.91 Å². The fourth-order valence-corrected chi connectivity index (χ4v) is 3.35. The Morgan fingerprint density at radius 3 is 2.92 bits per heavy atom. The maximum atomic E-state index is 12.3. The van der Waals surface area contributed by atoms with Crippen LogP contribution >= 0.6 is 0 Å². The summed E-state index contributed by atoms with van der Waals surface area (Å²) >= 11 is 0. The van der Waals surface area contributed by atoms with Gasteiger partial charge in [-0.1, -0.05) is 19.9 Å². The van der Waals surface area contributed by atoms with Gasteiger partial charge in [-0.25, -0.2) is 9.59 Å². The highest BCUT2D eigenvalue weighted by atomic mass is 16.6. The largest absolute Gasteiger partial charge is 0.461 e. The number of esters is 1. The number of likely N-dealkylation sites (tertiary alicyclic amines) is 1. The number of nitrogens with zero attached hydrogens (tertiary/aromatic N) is 1. The van der Waals surface area contributed by atoms with Crippen molar-refractivity contribution in [1.82, 2.24) is 10.2 Å². The van der Waals surface area contributed by atoms with E-state index in [0.717, 1.165) is 38.3 Å². The van der Waals surface area contributed by atoms with Crippen LogP contribution < -0.4 is 5.32 Å². The second kappa shape index (κ2) is 8.70. The summed E-state index contributed by atoms with van der Waals surface area (Å²) in [6, 6.07) is -0.00727. The van der Waals surface area contributed by atoms with Gasteiger partial charge < -0.3 is 19.7 Å². The molecule has 3 unspecified atom stereocenters. The summed E-state index contributed by atoms with van der Waals surface area (Å²) in [4.78, 5) is 37.0. The molecule has 2 amide bonds. The first-order valence-corrected chi connectivity index (χ1v) is 8.61. The van der Waals surface area contributed by atoms with E-state index >= 15 is 0 Å². The van der Waals surface area contributed by atoms with Crippen LogP contribution in [-0.4, -0.2) is 54.7 Å². The van der Waals surface area contributed by atoms with Gasteiger partial charge in [-0.3, -0.25) is 4.79 Å². The minimum absolute atomic E-state index is 0.00727. The van der Waals surface area contributed by atoms with E-state index in [-0.39, 0.29) is 37.1 Å². The lowest BCUT2D eigenvalue weighted by atomic mass is 9.88. The Morgan fingerprint density at radius 1 is 1.42 bits per heavy atom. The lowest BCUT2D eigenvalue weighted by molar-refractivity contribution is -0.137. The number of unbranched alkanes of at least 4 members (excludes halogenated alkanes) is 1. The SMILES string of the molecule is C=CC(=O)OCCNC(=O)OC1CCC2CC1N(CCCC)C2=O. The van der Waals surface area contributed by atoms with Crippen molar-refractivity contribution in [3.05, 3.63) is 12.7 Å². The smallest absolute Gasteiger partial charge is 0.407 e. The van der Waals surface area contributed by atoms with Crippen LogP contribution in [0.5, 0.6) is 0 Å². The number of amides is 2. The van der Waals surface area contributed by atoms with Crippen LogP contribution in [0.2, 0.25) is 0 Å². The van der Waals surface area contributed by atoms with Gasteiger partial charge in [0.25, 0.3) is 0 Å². The van der Waals surface area contributed by atoms with Crippen molar-refractivity contribution in [2.24, 2.45) is 5.92 Å². The zero-order valence-electron chi connectivity index (χ0n) is 14.2. The quantitative estimate of drug-likeness (QED) is 0.413. The fraction of sp³-hybridized carbons (Fsp3) is 0.706. The summed E-state index contributed by atoms with van der Waals surface area (Å²) in [5.74, 6) is -0.232. The van der Waals surface area contributed by atoms with E-state index in [4.69, 9.17) is 9.47 Å². The predicted octanol–water partition coefficient (Wildman–Crippen LogP) is 1.62. The molecule has 24 heavy (non-hydrogen) atoms. The van der Waals surface area contributed by atoms with Crippen LogP contribution in [0.15, 0.2) is 12.7 Å². The first kappa shape index (κ1) is 18.3. The summed E-state index contributed by atoms with van der Waals surface area (Å²) in [6.45, 7) is 6.36. The Balaban J connectivity index is 1.79. The Labute approximate surface area is 142 Å². The van der Waals surface area contributed by atoms with Crippen LogP contribution in [-0.2, 0) is 19.1 Å². The van der Waals surface area contributed by atoms with E-state index < -0.39 is 12.1 Å². The Hall–Kier alpha value is -2.05. The van der Waals surface area contributed by atoms with E-state index in [2.05, 4.69) is 18.8 Å². The number of fused-ring (bicyclic) bond motifs is 2. The van der Waals surface area contributed by atoms with Gasteiger partial charge in [-0.2, -0.15) is 0 Å². The number of hydrogen-bond donors (Lipinski definition) is 1. The molecule has 1 heterocycles. The van der Waals surface area contributed by atoms with Crippen molar-refractivity contribution in [3.8, 4) is 0 Å². The molecule has 1 aliphatic carbocycles. The van der Waals surface area contributed by atoms with Crippen LogP contribution in [0.3, 0.4) is 0 Å². The third kappa shape index (κ3) is 4.49. The van der Waals surface area contributed by atoms with Gasteiger partial charge in [-0.05, 0) is 25.7 Å². The topological polar surface area (TPSA) is 84.9 Å². The van der Waals surface area contributed by atoms with Crippen LogP contribution in [0, 0.1) is 5.92 Å². The summed E-state index contributed by atoms with van der Waals surface area (Å²) < 4.78 is 10.3. The van der Waals surface area contributed by atoms with Gasteiger partial charge in [0.15, 0.2) is 0 Å². The summed E-state index contributed by atoms with van der Waals surface area (Å²) in [6.07, 6.45) is 4.51. The number of alkyl carbamates (subject to hydrolysis) is 1. The van der Waals surface area contributed by atoms with Gasteiger partial charge in [0, 0.05) is 18.5 Å². The minimum Gasteiger partial charge on any atom is -0.461 e. The molecule has 2 aliphatic rings. The van der Waals surface area contributed by atoms with Gasteiger partial charge in [-0.15, -0.1) is 0 Å². The normalized spacial score (nSPS) is 25.3. The number of rotatable bonds is 8. The number of nitrogens with one attached hydrogen (secondary N) is 1. The highest BCUT2D eigenvalue weighted by Crippen LogP contribution is 2.38. The van der Waals surface area contributed by atoms with Crippen molar-refractivity contribution in [2.45, 2.75) is 51.2 Å². The van der Waals surface area contributed by atoms with E-state index in [0.29, 0.717) is 6.42 Å². The third-order valence-corrected chi connectivity index (χ3v) is 4.58. The van der Waals surface area contributed by atoms with Gasteiger partial charge >= 0.3 is 12.1 Å². The van der Waals surface area contributed by atoms with Gasteiger partial charge in [0.05, 0.1) is 12.6 Å². The van der Waals surface area contributed by atoms with E-state index in [1.807, 2.05) is 4.90 Å². The molecule has 0 spiro atoms. The average Bonchev–Trinajstić information content (AvgIpc) is 2.83. The van der Waals surface area contributed by atoms with E-state index in [1.165, 1.54) is 0 Å². The average molecular weight is 338 g/mol. The number of carbonyl (C=O) groups excluding carboxylic acids is 3. The zero-order valence-corrected chi connectivity index (χ0v) is 14.2. The molecule has 2 rings (SSSR count). The standard InChI is InChI=1S/C17H26N2O5/c1-3-5-9-19-13-11-12(16(19)21)6-7-14(13)24-17(22)18-8-10-23-15(20)4-2/h4,12-14H,2-3,5-11H2,1H3,(H,18,22). The summed E-state index contributed by atoms with van der Waals surface area (Å²) in [7, 11) is 0. The molecule has 134 valence electrons. The van der Waals surface area contributed by atoms with Crippen LogP contribution in [0.25, 0.3) is 0 Å². The molecule has 7 heteroatoms. The lowest BCUT2D eigenvalue weighted by Crippen LogP contribution is -2.45. The molecular weight excluding hydrogens is 312 g/mol. The molecule has 2 bridgehead atoms. The Morgan fingerprint density at radius 2 is 2.21 bits per heavy atom. The second-order valence-electron chi connectivity index (χ2n) is 6.20. The molecular formula is C17H26N2O5. The van der Waals surface area contributed by atoms with E-state index in [9.17, 15) is 14.4 Å². The van der Waals surface area contributed by atoms with Crippen molar-refractivity contribution in [2.75, 3.05) is 19.7 Å². The van der Waals surface area contributed by atoms with Crippen molar-refractivity contribution < 1.29 is 23.9 Å². The van der Waals surface area contributed by atoms with Crippen LogP contribution in [0.4, 0.5) is 4.79 Å². The monoisotopic (exact) mass is 338 g/mol. The molecule has 0 aromatic heterocycles. The number of hydrogen-bond acceptors (Lipinski definition) is 5. The molecule has 0 radical (unpaired) electrons. The van der Waals surface area contributed by atoms with Crippen molar-refractivity contribution in [3.63, 3.8) is 0 Å². The maximum Gasteiger partial charge on any atom is 0.407 e. The highest BCUT2D eigenvalue weighted by molar-refractivity contribution is 5.82. The number of ether oxygens (including phenoxy) is 2. The Bertz CT molecular complexity index is 493. The summed E-state index contributed by atoms with van der Waals surface area (Å²) in [5, 5.41) is 2.56. The first-order valence-electron chi connectivity index (χ1n) is 8.61. The molecule has 7 nitrogen and oxygen atoms in total. The molecule has 1 N–H and O–H groups in total. The predicted molar refractivity (Wildman–Crippen MR) is 87.2 cm³/mol. The molecule has 0 aromatic carbocycles. The molecule has 1 aliphatic heterocycles. The molecule has 2 fully saturated rings. The number of carbonyl (C=O) groups is 3. The Kier molecular flexibility index (Phi) is 6.63. The summed E-state index contributed by atoms with van der Waals surface area (Å²) in [5.41, 5.74) is 0. The van der Waals surface area contributed by atoms with Gasteiger partial charge in [0.1, 0.15) is 12.7 Å². The first-order chi connectivity index (χ1) is 11.6. The van der Waals surface area contributed by atoms with Crippen molar-refractivity contribution in [1.29, 1.82) is 0 Å². The molecule has 3 atom stereocenters. The zero-order chi connectivity index (χ0) is 17.5. The van der Waals surface area contributed by atoms with Crippen molar-refractivity contribution >= 4 is 18.0 Å². The van der Waals surface area contributed by atoms with Crippen LogP contribution in [0.1, 0.15) is 39.0 Å². The highest BCUT2D eigenvalue weighted by Gasteiger charge is 2.47. The molecule has 1 saturated carbocycles. The van der Waals surface area contributed by atoms with E-state index in [1.54, 1.807) is 0 Å². The maximum absolute atomic E-state index is 12.3. The minimum atomic E-state index is -0.539. The fourth-order valence-electron chi connectivity index (χ4n) is 3.35. The molecule has 1 saturated heterocycles. The lowest BCUT2D eigenvalue weighted by Gasteiger charge is -2.32.